The predicted molar refractivity (Wildman–Crippen MR) is 63.1 cm³/mol. The predicted octanol–water partition coefficient (Wildman–Crippen LogP) is 2.80. The van der Waals surface area contributed by atoms with E-state index < -0.39 is 0 Å². The van der Waals surface area contributed by atoms with Crippen LogP contribution in [0.5, 0.6) is 0 Å². The maximum atomic E-state index is 5.83. The smallest absolute Gasteiger partial charge is 0.0599 e. The van der Waals surface area contributed by atoms with Crippen molar-refractivity contribution >= 4 is 11.6 Å². The fourth-order valence-corrected chi connectivity index (χ4v) is 1.22. The molecule has 1 N–H and O–H groups in total. The highest BCUT2D eigenvalue weighted by Gasteiger charge is 2.08. The van der Waals surface area contributed by atoms with Crippen molar-refractivity contribution in [2.75, 3.05) is 19.7 Å². The molecule has 0 heterocycles. The zero-order valence-electron chi connectivity index (χ0n) is 9.90. The molecule has 0 aromatic carbocycles. The Hall–Kier alpha value is 0.210. The third-order valence-electron chi connectivity index (χ3n) is 1.77. The summed E-state index contributed by atoms with van der Waals surface area (Å²) in [4.78, 5) is 0. The number of hydrogen-bond acceptors (Lipinski definition) is 2. The van der Waals surface area contributed by atoms with Crippen molar-refractivity contribution in [3.05, 3.63) is 0 Å². The molecule has 86 valence electrons. The molecule has 2 nitrogen and oxygen atoms in total. The van der Waals surface area contributed by atoms with Gasteiger partial charge < -0.3 is 10.1 Å². The second-order valence-electron chi connectivity index (χ2n) is 4.63. The normalized spacial score (nSPS) is 14.4. The minimum atomic E-state index is -0.0215. The lowest BCUT2D eigenvalue weighted by Crippen LogP contribution is -2.27. The average molecular weight is 222 g/mol. The molecule has 0 aliphatic rings. The van der Waals surface area contributed by atoms with Crippen LogP contribution in [0, 0.1) is 0 Å². The highest BCUT2D eigenvalue weighted by Crippen LogP contribution is 2.05. The molecule has 0 aliphatic carbocycles. The molecule has 0 fully saturated rings. The third kappa shape index (κ3) is 12.2. The van der Waals surface area contributed by atoms with Crippen LogP contribution in [0.2, 0.25) is 0 Å². The largest absolute Gasteiger partial charge is 0.375 e. The van der Waals surface area contributed by atoms with Gasteiger partial charge in [-0.05, 0) is 47.1 Å². The summed E-state index contributed by atoms with van der Waals surface area (Å²) < 4.78 is 5.57. The summed E-state index contributed by atoms with van der Waals surface area (Å²) >= 11 is 5.83. The lowest BCUT2D eigenvalue weighted by atomic mass is 10.2. The Morgan fingerprint density at radius 2 is 1.93 bits per heavy atom. The maximum absolute atomic E-state index is 5.83. The monoisotopic (exact) mass is 221 g/mol. The highest BCUT2D eigenvalue weighted by molar-refractivity contribution is 6.20. The first-order chi connectivity index (χ1) is 6.42. The van der Waals surface area contributed by atoms with Crippen LogP contribution in [0.4, 0.5) is 0 Å². The zero-order valence-corrected chi connectivity index (χ0v) is 10.7. The molecule has 0 rings (SSSR count). The summed E-state index contributed by atoms with van der Waals surface area (Å²) in [5.41, 5.74) is -0.0215. The van der Waals surface area contributed by atoms with E-state index in [0.717, 1.165) is 32.5 Å². The second kappa shape index (κ2) is 7.49. The lowest BCUT2D eigenvalue weighted by molar-refractivity contribution is -0.000753. The summed E-state index contributed by atoms with van der Waals surface area (Å²) in [7, 11) is 0. The van der Waals surface area contributed by atoms with Crippen LogP contribution in [-0.4, -0.2) is 30.7 Å². The fraction of sp³-hybridized carbons (Fsp3) is 1.00. The topological polar surface area (TPSA) is 21.3 Å². The molecule has 0 radical (unpaired) electrons. The van der Waals surface area contributed by atoms with Gasteiger partial charge in [0.1, 0.15) is 0 Å². The van der Waals surface area contributed by atoms with E-state index in [1.54, 1.807) is 0 Å². The standard InChI is InChI=1S/C11H24ClNO/c1-10(12)6-5-7-13-8-9-14-11(2,3)4/h10,13H,5-9H2,1-4H3. The zero-order chi connectivity index (χ0) is 11.0. The number of nitrogens with one attached hydrogen (secondary N) is 1. The summed E-state index contributed by atoms with van der Waals surface area (Å²) in [6.07, 6.45) is 2.22. The van der Waals surface area contributed by atoms with Gasteiger partial charge in [0.05, 0.1) is 12.2 Å². The highest BCUT2D eigenvalue weighted by atomic mass is 35.5. The molecule has 0 spiro atoms. The molecule has 3 heteroatoms. The van der Waals surface area contributed by atoms with Crippen LogP contribution in [0.3, 0.4) is 0 Å². The molecular formula is C11H24ClNO. The molecule has 0 aliphatic heterocycles. The van der Waals surface area contributed by atoms with Gasteiger partial charge in [-0.1, -0.05) is 0 Å². The van der Waals surface area contributed by atoms with E-state index in [2.05, 4.69) is 26.1 Å². The molecule has 1 atom stereocenters. The Kier molecular flexibility index (Phi) is 7.61. The molecule has 0 bridgehead atoms. The van der Waals surface area contributed by atoms with Gasteiger partial charge in [0, 0.05) is 11.9 Å². The van der Waals surface area contributed by atoms with E-state index in [1.807, 2.05) is 6.92 Å². The SMILES string of the molecule is CC(Cl)CCCNCCOC(C)(C)C. The first kappa shape index (κ1) is 14.2. The Morgan fingerprint density at radius 1 is 1.29 bits per heavy atom. The third-order valence-corrected chi connectivity index (χ3v) is 1.99. The van der Waals surface area contributed by atoms with Crippen LogP contribution in [0.15, 0.2) is 0 Å². The number of hydrogen-bond donors (Lipinski definition) is 1. The summed E-state index contributed by atoms with van der Waals surface area (Å²) in [5, 5.41) is 3.62. The Bertz CT molecular complexity index is 132. The summed E-state index contributed by atoms with van der Waals surface area (Å²) in [6, 6.07) is 0. The van der Waals surface area contributed by atoms with E-state index in [1.165, 1.54) is 0 Å². The number of halogens is 1. The van der Waals surface area contributed by atoms with Gasteiger partial charge in [-0.25, -0.2) is 0 Å². The molecule has 0 saturated carbocycles. The first-order valence-electron chi connectivity index (χ1n) is 5.40. The minimum Gasteiger partial charge on any atom is -0.375 e. The molecule has 0 aromatic heterocycles. The summed E-state index contributed by atoms with van der Waals surface area (Å²) in [5.74, 6) is 0. The van der Waals surface area contributed by atoms with Crippen LogP contribution in [0.25, 0.3) is 0 Å². The Morgan fingerprint density at radius 3 is 2.43 bits per heavy atom. The quantitative estimate of drug-likeness (QED) is 0.527. The number of ether oxygens (including phenoxy) is 1. The first-order valence-corrected chi connectivity index (χ1v) is 5.84. The minimum absolute atomic E-state index is 0.0215. The van der Waals surface area contributed by atoms with E-state index in [9.17, 15) is 0 Å². The Labute approximate surface area is 93.4 Å². The number of rotatable bonds is 7. The molecule has 0 amide bonds. The van der Waals surface area contributed by atoms with Gasteiger partial charge in [-0.2, -0.15) is 0 Å². The van der Waals surface area contributed by atoms with Crippen LogP contribution in [0.1, 0.15) is 40.5 Å². The fourth-order valence-electron chi connectivity index (χ4n) is 1.06. The van der Waals surface area contributed by atoms with Crippen molar-refractivity contribution in [2.45, 2.75) is 51.5 Å². The lowest BCUT2D eigenvalue weighted by Gasteiger charge is -2.19. The van der Waals surface area contributed by atoms with Crippen molar-refractivity contribution in [3.63, 3.8) is 0 Å². The van der Waals surface area contributed by atoms with Gasteiger partial charge in [-0.15, -0.1) is 11.6 Å². The van der Waals surface area contributed by atoms with Gasteiger partial charge in [-0.3, -0.25) is 0 Å². The molecule has 0 saturated heterocycles. The van der Waals surface area contributed by atoms with Crippen molar-refractivity contribution in [2.24, 2.45) is 0 Å². The van der Waals surface area contributed by atoms with Crippen molar-refractivity contribution in [1.82, 2.24) is 5.32 Å². The van der Waals surface area contributed by atoms with Crippen molar-refractivity contribution < 1.29 is 4.74 Å². The van der Waals surface area contributed by atoms with E-state index >= 15 is 0 Å². The van der Waals surface area contributed by atoms with Crippen molar-refractivity contribution in [3.8, 4) is 0 Å². The van der Waals surface area contributed by atoms with Gasteiger partial charge >= 0.3 is 0 Å². The van der Waals surface area contributed by atoms with E-state index in [0.29, 0.717) is 5.38 Å². The Balaban J connectivity index is 3.07. The van der Waals surface area contributed by atoms with Crippen LogP contribution < -0.4 is 5.32 Å². The van der Waals surface area contributed by atoms with E-state index in [4.69, 9.17) is 16.3 Å². The molecule has 1 unspecified atom stereocenters. The van der Waals surface area contributed by atoms with Gasteiger partial charge in [0.25, 0.3) is 0 Å². The number of alkyl halides is 1. The average Bonchev–Trinajstić information content (AvgIpc) is 2.00. The van der Waals surface area contributed by atoms with Gasteiger partial charge in [0.15, 0.2) is 0 Å². The van der Waals surface area contributed by atoms with Gasteiger partial charge in [0.2, 0.25) is 0 Å². The molecule has 14 heavy (non-hydrogen) atoms. The van der Waals surface area contributed by atoms with Crippen LogP contribution >= 0.6 is 11.6 Å². The van der Waals surface area contributed by atoms with E-state index in [-0.39, 0.29) is 5.60 Å². The summed E-state index contributed by atoms with van der Waals surface area (Å²) in [6.45, 7) is 11.0. The second-order valence-corrected chi connectivity index (χ2v) is 5.38. The molecular weight excluding hydrogens is 198 g/mol. The van der Waals surface area contributed by atoms with Crippen molar-refractivity contribution in [1.29, 1.82) is 0 Å². The maximum Gasteiger partial charge on any atom is 0.0599 e. The van der Waals surface area contributed by atoms with Crippen LogP contribution in [-0.2, 0) is 4.74 Å². The molecule has 0 aromatic rings.